The van der Waals surface area contributed by atoms with Crippen molar-refractivity contribution in [3.05, 3.63) is 96.1 Å². The molecule has 4 aromatic carbocycles. The maximum atomic E-state index is 12.6. The van der Waals surface area contributed by atoms with Crippen LogP contribution in [0.5, 0.6) is 23.0 Å². The molecular formula is C31H23F6NO7. The van der Waals surface area contributed by atoms with Crippen LogP contribution in [0.15, 0.2) is 84.9 Å². The molecule has 0 heterocycles. The van der Waals surface area contributed by atoms with Crippen LogP contribution in [0.3, 0.4) is 0 Å². The van der Waals surface area contributed by atoms with Crippen molar-refractivity contribution in [3.8, 4) is 45.3 Å². The van der Waals surface area contributed by atoms with Crippen molar-refractivity contribution in [1.82, 2.24) is 5.32 Å². The van der Waals surface area contributed by atoms with Gasteiger partial charge in [0.15, 0.2) is 0 Å². The minimum atomic E-state index is -4.90. The molecule has 0 fully saturated rings. The molecule has 0 aromatic heterocycles. The first-order valence-electron chi connectivity index (χ1n) is 13.0. The van der Waals surface area contributed by atoms with Crippen molar-refractivity contribution in [3.63, 3.8) is 0 Å². The second-order valence-electron chi connectivity index (χ2n) is 9.40. The molecule has 0 aliphatic rings. The number of hydrogen-bond acceptors (Lipinski definition) is 6. The van der Waals surface area contributed by atoms with Crippen molar-refractivity contribution in [1.29, 1.82) is 0 Å². The zero-order valence-electron chi connectivity index (χ0n) is 22.9. The number of carboxylic acids is 1. The van der Waals surface area contributed by atoms with E-state index >= 15 is 0 Å². The number of carbonyl (C=O) groups is 2. The highest BCUT2D eigenvalue weighted by molar-refractivity contribution is 5.94. The molecule has 0 unspecified atom stereocenters. The smallest absolute Gasteiger partial charge is 0.507 e. The Labute approximate surface area is 251 Å². The fraction of sp³-hybridized carbons (Fsp3) is 0.161. The lowest BCUT2D eigenvalue weighted by atomic mass is 9.97. The lowest BCUT2D eigenvalue weighted by Gasteiger charge is -2.17. The van der Waals surface area contributed by atoms with E-state index in [-0.39, 0.29) is 47.8 Å². The number of halogens is 6. The van der Waals surface area contributed by atoms with E-state index in [1.165, 1.54) is 48.5 Å². The van der Waals surface area contributed by atoms with Crippen LogP contribution < -0.4 is 19.5 Å². The Balaban J connectivity index is 1.61. The van der Waals surface area contributed by atoms with Crippen LogP contribution in [0.25, 0.3) is 22.3 Å². The Morgan fingerprint density at radius 3 is 1.71 bits per heavy atom. The number of carboxylic acid groups (broad SMARTS) is 1. The van der Waals surface area contributed by atoms with Crippen LogP contribution in [0.2, 0.25) is 0 Å². The molecule has 4 rings (SSSR count). The van der Waals surface area contributed by atoms with Crippen LogP contribution in [0.1, 0.15) is 22.3 Å². The topological polar surface area (TPSA) is 114 Å². The molecule has 45 heavy (non-hydrogen) atoms. The molecular weight excluding hydrogens is 612 g/mol. The number of amides is 1. The predicted molar refractivity (Wildman–Crippen MR) is 148 cm³/mol. The van der Waals surface area contributed by atoms with Gasteiger partial charge in [-0.15, -0.1) is 26.3 Å². The molecule has 236 valence electrons. The van der Waals surface area contributed by atoms with Crippen LogP contribution >= 0.6 is 0 Å². The van der Waals surface area contributed by atoms with Gasteiger partial charge in [-0.25, -0.2) is 0 Å². The van der Waals surface area contributed by atoms with E-state index in [0.717, 1.165) is 24.3 Å². The van der Waals surface area contributed by atoms with Gasteiger partial charge in [0.1, 0.15) is 29.6 Å². The second-order valence-corrected chi connectivity index (χ2v) is 9.40. The molecule has 0 aliphatic carbocycles. The minimum absolute atomic E-state index is 0.0492. The molecule has 0 atom stereocenters. The van der Waals surface area contributed by atoms with Crippen molar-refractivity contribution in [2.45, 2.75) is 25.8 Å². The number of nitrogens with one attached hydrogen (secondary N) is 1. The number of aliphatic carboxylic acids is 1. The standard InChI is InChI=1S/C31H23F6NO7/c32-30(33,34)44-22-9-5-19(6-10-22)24-16-27(25(15-26(24)39)20-7-11-23(12-8-20)45-31(35,36)37)43-17-18-1-3-21(4-2-18)29(42)38-14-13-28(40)41/h1-12,15-16,39H,13-14,17H2,(H,38,42)(H,40,41). The number of carbonyl (C=O) groups excluding carboxylic acids is 1. The third-order valence-electron chi connectivity index (χ3n) is 6.13. The molecule has 0 aliphatic heterocycles. The summed E-state index contributed by atoms with van der Waals surface area (Å²) in [6, 6.07) is 18.4. The molecule has 0 saturated heterocycles. The molecule has 1 amide bonds. The highest BCUT2D eigenvalue weighted by atomic mass is 19.4. The van der Waals surface area contributed by atoms with Crippen molar-refractivity contribution < 1.29 is 60.4 Å². The largest absolute Gasteiger partial charge is 0.573 e. The van der Waals surface area contributed by atoms with E-state index in [9.17, 15) is 41.0 Å². The van der Waals surface area contributed by atoms with Crippen LogP contribution in [0, 0.1) is 0 Å². The summed E-state index contributed by atoms with van der Waals surface area (Å²) in [6.07, 6.45) is -10.0. The Morgan fingerprint density at radius 2 is 1.22 bits per heavy atom. The predicted octanol–water partition coefficient (Wildman–Crippen LogP) is 7.31. The lowest BCUT2D eigenvalue weighted by Crippen LogP contribution is -2.25. The van der Waals surface area contributed by atoms with Crippen LogP contribution in [-0.2, 0) is 11.4 Å². The average molecular weight is 636 g/mol. The number of phenols is 1. The molecule has 0 saturated carbocycles. The summed E-state index contributed by atoms with van der Waals surface area (Å²) in [5.74, 6) is -2.60. The first-order chi connectivity index (χ1) is 21.2. The monoisotopic (exact) mass is 635 g/mol. The number of alkyl halides is 6. The summed E-state index contributed by atoms with van der Waals surface area (Å²) in [4.78, 5) is 22.9. The zero-order chi connectivity index (χ0) is 32.8. The van der Waals surface area contributed by atoms with E-state index in [0.29, 0.717) is 16.7 Å². The quantitative estimate of drug-likeness (QED) is 0.148. The van der Waals surface area contributed by atoms with Gasteiger partial charge in [0.2, 0.25) is 0 Å². The van der Waals surface area contributed by atoms with Crippen LogP contribution in [0.4, 0.5) is 26.3 Å². The SMILES string of the molecule is O=C(O)CCNC(=O)c1ccc(COc2cc(-c3ccc(OC(F)(F)F)cc3)c(O)cc2-c2ccc(OC(F)(F)F)cc2)cc1. The fourth-order valence-electron chi connectivity index (χ4n) is 4.12. The van der Waals surface area contributed by atoms with Gasteiger partial charge in [0.25, 0.3) is 5.91 Å². The van der Waals surface area contributed by atoms with Crippen molar-refractivity contribution in [2.75, 3.05) is 6.54 Å². The third-order valence-corrected chi connectivity index (χ3v) is 6.13. The Kier molecular flexibility index (Phi) is 9.75. The third kappa shape index (κ3) is 9.55. The minimum Gasteiger partial charge on any atom is -0.507 e. The number of rotatable bonds is 11. The molecule has 3 N–H and O–H groups in total. The molecule has 8 nitrogen and oxygen atoms in total. The summed E-state index contributed by atoms with van der Waals surface area (Å²) in [5, 5.41) is 22.0. The van der Waals surface area contributed by atoms with E-state index in [1.807, 2.05) is 0 Å². The maximum Gasteiger partial charge on any atom is 0.573 e. The fourth-order valence-corrected chi connectivity index (χ4v) is 4.12. The number of ether oxygens (including phenoxy) is 3. The molecule has 0 bridgehead atoms. The molecule has 0 radical (unpaired) electrons. The molecule has 14 heteroatoms. The average Bonchev–Trinajstić information content (AvgIpc) is 2.96. The van der Waals surface area contributed by atoms with Gasteiger partial charge in [0.05, 0.1) is 6.42 Å². The van der Waals surface area contributed by atoms with Crippen molar-refractivity contribution >= 4 is 11.9 Å². The summed E-state index contributed by atoms with van der Waals surface area (Å²) in [7, 11) is 0. The van der Waals surface area contributed by atoms with E-state index in [4.69, 9.17) is 9.84 Å². The molecule has 0 spiro atoms. The Hall–Kier alpha value is -5.40. The normalized spacial score (nSPS) is 11.5. The summed E-state index contributed by atoms with van der Waals surface area (Å²) < 4.78 is 89.4. The first kappa shape index (κ1) is 32.5. The van der Waals surface area contributed by atoms with Gasteiger partial charge in [0, 0.05) is 23.2 Å². The summed E-state index contributed by atoms with van der Waals surface area (Å²) >= 11 is 0. The summed E-state index contributed by atoms with van der Waals surface area (Å²) in [6.45, 7) is -0.113. The lowest BCUT2D eigenvalue weighted by molar-refractivity contribution is -0.275. The van der Waals surface area contributed by atoms with Gasteiger partial charge in [-0.2, -0.15) is 0 Å². The number of phenolic OH excluding ortho intramolecular Hbond substituents is 1. The van der Waals surface area contributed by atoms with Crippen molar-refractivity contribution in [2.24, 2.45) is 0 Å². The van der Waals surface area contributed by atoms with E-state index in [2.05, 4.69) is 14.8 Å². The highest BCUT2D eigenvalue weighted by Crippen LogP contribution is 2.42. The Bertz CT molecular complexity index is 1640. The van der Waals surface area contributed by atoms with E-state index in [1.54, 1.807) is 12.1 Å². The zero-order valence-corrected chi connectivity index (χ0v) is 22.9. The highest BCUT2D eigenvalue weighted by Gasteiger charge is 2.32. The Morgan fingerprint density at radius 1 is 0.711 bits per heavy atom. The number of hydrogen-bond donors (Lipinski definition) is 3. The van der Waals surface area contributed by atoms with Gasteiger partial charge in [-0.05, 0) is 65.2 Å². The van der Waals surface area contributed by atoms with E-state index < -0.39 is 36.1 Å². The summed E-state index contributed by atoms with van der Waals surface area (Å²) in [5.41, 5.74) is 1.99. The molecule has 4 aromatic rings. The first-order valence-corrected chi connectivity index (χ1v) is 13.0. The van der Waals surface area contributed by atoms with Gasteiger partial charge < -0.3 is 29.7 Å². The maximum absolute atomic E-state index is 12.6. The number of aromatic hydroxyl groups is 1. The van der Waals surface area contributed by atoms with Gasteiger partial charge in [-0.3, -0.25) is 9.59 Å². The van der Waals surface area contributed by atoms with Gasteiger partial charge >= 0.3 is 18.7 Å². The number of benzene rings is 4. The van der Waals surface area contributed by atoms with Crippen LogP contribution in [-0.4, -0.2) is 41.4 Å². The second kappa shape index (κ2) is 13.5. The van der Waals surface area contributed by atoms with Gasteiger partial charge in [-0.1, -0.05) is 36.4 Å².